The zero-order chi connectivity index (χ0) is 8.97. The first-order valence-electron chi connectivity index (χ1n) is 3.95. The van der Waals surface area contributed by atoms with Crippen molar-refractivity contribution in [1.29, 1.82) is 0 Å². The van der Waals surface area contributed by atoms with Crippen molar-refractivity contribution in [2.45, 2.75) is 13.3 Å². The first-order chi connectivity index (χ1) is 5.81. The highest BCUT2D eigenvalue weighted by Gasteiger charge is 2.00. The summed E-state index contributed by atoms with van der Waals surface area (Å²) in [6.45, 7) is 5.59. The van der Waals surface area contributed by atoms with Crippen molar-refractivity contribution in [3.8, 4) is 5.75 Å². The average molecular weight is 163 g/mol. The molecule has 0 aliphatic heterocycles. The van der Waals surface area contributed by atoms with Crippen molar-refractivity contribution >= 4 is 12.4 Å². The van der Waals surface area contributed by atoms with Gasteiger partial charge in [-0.15, -0.1) is 0 Å². The standard InChI is InChI=1S/C10H13NO/c1-4-8-5-6-10(12-3)9(7-8)11-2/h5-7H,2,4H2,1,3H3. The van der Waals surface area contributed by atoms with Gasteiger partial charge in [-0.1, -0.05) is 13.0 Å². The average Bonchev–Trinajstić information content (AvgIpc) is 2.16. The molecule has 0 saturated carbocycles. The molecule has 0 amide bonds. The summed E-state index contributed by atoms with van der Waals surface area (Å²) in [6, 6.07) is 5.95. The molecule has 0 aromatic heterocycles. The number of aliphatic imine (C=N–C) groups is 1. The van der Waals surface area contributed by atoms with E-state index >= 15 is 0 Å². The van der Waals surface area contributed by atoms with Crippen LogP contribution in [0.25, 0.3) is 0 Å². The molecule has 0 heterocycles. The third-order valence-electron chi connectivity index (χ3n) is 1.82. The van der Waals surface area contributed by atoms with Crippen molar-refractivity contribution in [2.24, 2.45) is 4.99 Å². The van der Waals surface area contributed by atoms with E-state index in [0.29, 0.717) is 0 Å². The fourth-order valence-corrected chi connectivity index (χ4v) is 1.08. The van der Waals surface area contributed by atoms with Crippen LogP contribution in [0.4, 0.5) is 5.69 Å². The lowest BCUT2D eigenvalue weighted by Gasteiger charge is -2.04. The molecule has 2 heteroatoms. The number of aryl methyl sites for hydroxylation is 1. The number of hydrogen-bond acceptors (Lipinski definition) is 2. The molecule has 0 aliphatic carbocycles. The van der Waals surface area contributed by atoms with E-state index in [1.165, 1.54) is 5.56 Å². The van der Waals surface area contributed by atoms with Gasteiger partial charge in [0.25, 0.3) is 0 Å². The van der Waals surface area contributed by atoms with Crippen molar-refractivity contribution < 1.29 is 4.74 Å². The Morgan fingerprint density at radius 2 is 2.25 bits per heavy atom. The molecule has 1 aromatic carbocycles. The van der Waals surface area contributed by atoms with Crippen molar-refractivity contribution in [3.05, 3.63) is 23.8 Å². The van der Waals surface area contributed by atoms with Crippen LogP contribution in [0.5, 0.6) is 5.75 Å². The van der Waals surface area contributed by atoms with E-state index in [0.717, 1.165) is 17.9 Å². The summed E-state index contributed by atoms with van der Waals surface area (Å²) in [6.07, 6.45) is 1.01. The summed E-state index contributed by atoms with van der Waals surface area (Å²) in [5.74, 6) is 0.780. The Bertz CT molecular complexity index is 281. The molecule has 0 radical (unpaired) electrons. The minimum atomic E-state index is 0.780. The van der Waals surface area contributed by atoms with Crippen LogP contribution in [-0.2, 0) is 6.42 Å². The van der Waals surface area contributed by atoms with Crippen LogP contribution in [0.1, 0.15) is 12.5 Å². The van der Waals surface area contributed by atoms with Crippen molar-refractivity contribution in [1.82, 2.24) is 0 Å². The minimum absolute atomic E-state index is 0.780. The van der Waals surface area contributed by atoms with E-state index in [9.17, 15) is 0 Å². The largest absolute Gasteiger partial charge is 0.494 e. The van der Waals surface area contributed by atoms with Gasteiger partial charge in [0.1, 0.15) is 11.4 Å². The molecule has 1 aromatic rings. The lowest BCUT2D eigenvalue weighted by molar-refractivity contribution is 0.416. The number of nitrogens with zero attached hydrogens (tertiary/aromatic N) is 1. The third-order valence-corrected chi connectivity index (χ3v) is 1.82. The Labute approximate surface area is 72.9 Å². The molecule has 0 aliphatic rings. The van der Waals surface area contributed by atoms with Crippen LogP contribution in [0.2, 0.25) is 0 Å². The Balaban J connectivity index is 3.10. The van der Waals surface area contributed by atoms with Gasteiger partial charge in [-0.25, -0.2) is 0 Å². The van der Waals surface area contributed by atoms with Gasteiger partial charge in [0.05, 0.1) is 7.11 Å². The SMILES string of the molecule is C=Nc1cc(CC)ccc1OC. The first kappa shape index (κ1) is 8.78. The molecule has 64 valence electrons. The topological polar surface area (TPSA) is 21.6 Å². The summed E-state index contributed by atoms with van der Waals surface area (Å²) < 4.78 is 5.10. The number of rotatable bonds is 3. The molecule has 0 fully saturated rings. The fourth-order valence-electron chi connectivity index (χ4n) is 1.08. The monoisotopic (exact) mass is 163 g/mol. The maximum absolute atomic E-state index is 5.10. The molecule has 0 atom stereocenters. The van der Waals surface area contributed by atoms with E-state index in [2.05, 4.69) is 18.6 Å². The quantitative estimate of drug-likeness (QED) is 0.627. The van der Waals surface area contributed by atoms with Gasteiger partial charge in [-0.3, -0.25) is 4.99 Å². The lowest BCUT2D eigenvalue weighted by Crippen LogP contribution is -1.85. The zero-order valence-corrected chi connectivity index (χ0v) is 7.50. The summed E-state index contributed by atoms with van der Waals surface area (Å²) in [5.41, 5.74) is 2.06. The molecule has 12 heavy (non-hydrogen) atoms. The van der Waals surface area contributed by atoms with E-state index in [-0.39, 0.29) is 0 Å². The Kier molecular flexibility index (Phi) is 2.86. The van der Waals surface area contributed by atoms with Crippen LogP contribution < -0.4 is 4.74 Å². The second-order valence-electron chi connectivity index (χ2n) is 2.52. The Morgan fingerprint density at radius 3 is 2.75 bits per heavy atom. The number of ether oxygens (including phenoxy) is 1. The highest BCUT2D eigenvalue weighted by Crippen LogP contribution is 2.27. The molecule has 1 rings (SSSR count). The molecule has 0 saturated heterocycles. The lowest BCUT2D eigenvalue weighted by atomic mass is 10.1. The Hall–Kier alpha value is -1.31. The minimum Gasteiger partial charge on any atom is -0.494 e. The van der Waals surface area contributed by atoms with Crippen LogP contribution in [0.15, 0.2) is 23.2 Å². The smallest absolute Gasteiger partial charge is 0.144 e. The predicted octanol–water partition coefficient (Wildman–Crippen LogP) is 2.59. The van der Waals surface area contributed by atoms with Crippen molar-refractivity contribution in [2.75, 3.05) is 7.11 Å². The van der Waals surface area contributed by atoms with E-state index in [4.69, 9.17) is 4.74 Å². The number of methoxy groups -OCH3 is 1. The molecule has 0 unspecified atom stereocenters. The van der Waals surface area contributed by atoms with Gasteiger partial charge in [0.2, 0.25) is 0 Å². The molecule has 0 N–H and O–H groups in total. The van der Waals surface area contributed by atoms with E-state index < -0.39 is 0 Å². The third kappa shape index (κ3) is 1.64. The van der Waals surface area contributed by atoms with Gasteiger partial charge >= 0.3 is 0 Å². The van der Waals surface area contributed by atoms with Crippen LogP contribution >= 0.6 is 0 Å². The summed E-state index contributed by atoms with van der Waals surface area (Å²) in [5, 5.41) is 0. The Morgan fingerprint density at radius 1 is 1.50 bits per heavy atom. The van der Waals surface area contributed by atoms with Crippen LogP contribution in [-0.4, -0.2) is 13.8 Å². The van der Waals surface area contributed by atoms with E-state index in [1.54, 1.807) is 7.11 Å². The highest BCUT2D eigenvalue weighted by atomic mass is 16.5. The zero-order valence-electron chi connectivity index (χ0n) is 7.50. The first-order valence-corrected chi connectivity index (χ1v) is 3.95. The number of benzene rings is 1. The molecule has 0 bridgehead atoms. The second kappa shape index (κ2) is 3.90. The molecular formula is C10H13NO. The maximum Gasteiger partial charge on any atom is 0.144 e. The molecular weight excluding hydrogens is 150 g/mol. The summed E-state index contributed by atoms with van der Waals surface area (Å²) in [4.78, 5) is 3.87. The fraction of sp³-hybridized carbons (Fsp3) is 0.300. The van der Waals surface area contributed by atoms with Crippen molar-refractivity contribution in [3.63, 3.8) is 0 Å². The van der Waals surface area contributed by atoms with Gasteiger partial charge in [-0.2, -0.15) is 0 Å². The van der Waals surface area contributed by atoms with Gasteiger partial charge in [0, 0.05) is 0 Å². The molecule has 0 spiro atoms. The van der Waals surface area contributed by atoms with Crippen LogP contribution in [0, 0.1) is 0 Å². The van der Waals surface area contributed by atoms with Crippen LogP contribution in [0.3, 0.4) is 0 Å². The summed E-state index contributed by atoms with van der Waals surface area (Å²) >= 11 is 0. The van der Waals surface area contributed by atoms with Gasteiger partial charge in [0.15, 0.2) is 0 Å². The maximum atomic E-state index is 5.10. The van der Waals surface area contributed by atoms with Gasteiger partial charge in [-0.05, 0) is 30.8 Å². The predicted molar refractivity (Wildman–Crippen MR) is 51.6 cm³/mol. The van der Waals surface area contributed by atoms with E-state index in [1.807, 2.05) is 18.2 Å². The summed E-state index contributed by atoms with van der Waals surface area (Å²) in [7, 11) is 1.63. The highest BCUT2D eigenvalue weighted by molar-refractivity contribution is 5.57. The normalized spacial score (nSPS) is 9.50. The second-order valence-corrected chi connectivity index (χ2v) is 2.52. The molecule has 2 nitrogen and oxygen atoms in total. The number of hydrogen-bond donors (Lipinski definition) is 0. The van der Waals surface area contributed by atoms with Gasteiger partial charge < -0.3 is 4.74 Å².